The SMILES string of the molecule is CCCCCCCCCCCCCCCC(=O)OC(CO)C(OC(=O)CCCCCCCCCCCCCCC)[C@H]1O[C@H](CO)[C@@H](O)[C@H](O)[C@H]1O. The van der Waals surface area contributed by atoms with Crippen molar-refractivity contribution in [3.63, 3.8) is 0 Å². The fraction of sp³-hybridized carbons (Fsp3) is 0.951. The van der Waals surface area contributed by atoms with Gasteiger partial charge in [-0.2, -0.15) is 0 Å². The average Bonchev–Trinajstić information content (AvgIpc) is 3.13. The molecule has 1 fully saturated rings. The fourth-order valence-electron chi connectivity index (χ4n) is 6.98. The van der Waals surface area contributed by atoms with Crippen LogP contribution in [0.5, 0.6) is 0 Å². The zero-order chi connectivity index (χ0) is 37.5. The quantitative estimate of drug-likeness (QED) is 0.0329. The van der Waals surface area contributed by atoms with Crippen molar-refractivity contribution in [2.75, 3.05) is 13.2 Å². The minimum Gasteiger partial charge on any atom is -0.456 e. The van der Waals surface area contributed by atoms with E-state index in [4.69, 9.17) is 14.2 Å². The summed E-state index contributed by atoms with van der Waals surface area (Å²) in [5.74, 6) is -1.18. The van der Waals surface area contributed by atoms with Gasteiger partial charge in [-0.15, -0.1) is 0 Å². The second kappa shape index (κ2) is 32.2. The molecule has 1 heterocycles. The summed E-state index contributed by atoms with van der Waals surface area (Å²) >= 11 is 0. The molecule has 302 valence electrons. The van der Waals surface area contributed by atoms with Crippen LogP contribution in [0.1, 0.15) is 194 Å². The third-order valence-corrected chi connectivity index (χ3v) is 10.3. The van der Waals surface area contributed by atoms with E-state index in [1.807, 2.05) is 0 Å². The fourth-order valence-corrected chi connectivity index (χ4v) is 6.98. The van der Waals surface area contributed by atoms with Crippen LogP contribution in [0.15, 0.2) is 0 Å². The van der Waals surface area contributed by atoms with Gasteiger partial charge in [0.1, 0.15) is 30.5 Å². The standard InChI is InChI=1S/C41H78O10/c1-3-5-7-9-11-13-15-17-19-21-23-25-27-29-35(44)49-34(32-43)40(41-39(48)38(47)37(46)33(31-42)50-41)51-36(45)30-28-26-24-22-20-18-16-14-12-10-8-6-4-2/h33-34,37-43,46-48H,3-32H2,1-2H3/t33-,34?,37-,38+,39-,40?,41+/m1/s1. The Morgan fingerprint density at radius 2 is 0.863 bits per heavy atom. The lowest BCUT2D eigenvalue weighted by Gasteiger charge is -2.43. The molecule has 1 saturated heterocycles. The predicted molar refractivity (Wildman–Crippen MR) is 201 cm³/mol. The molecule has 10 heteroatoms. The minimum absolute atomic E-state index is 0.0940. The molecule has 0 spiro atoms. The molecule has 0 aromatic rings. The first-order valence-corrected chi connectivity index (χ1v) is 21.1. The number of unbranched alkanes of at least 4 members (excludes halogenated alkanes) is 24. The summed E-state index contributed by atoms with van der Waals surface area (Å²) in [6.07, 6.45) is 20.1. The Bertz CT molecular complexity index is 824. The maximum atomic E-state index is 13.0. The molecule has 1 aliphatic rings. The van der Waals surface area contributed by atoms with Gasteiger partial charge in [0.05, 0.1) is 13.2 Å². The van der Waals surface area contributed by atoms with Crippen molar-refractivity contribution in [2.24, 2.45) is 0 Å². The summed E-state index contributed by atoms with van der Waals surface area (Å²) in [5.41, 5.74) is 0. The van der Waals surface area contributed by atoms with Crippen LogP contribution in [-0.4, -0.2) is 93.4 Å². The maximum Gasteiger partial charge on any atom is 0.306 e. The van der Waals surface area contributed by atoms with Gasteiger partial charge in [0.25, 0.3) is 0 Å². The van der Waals surface area contributed by atoms with Crippen molar-refractivity contribution in [2.45, 2.75) is 236 Å². The lowest BCUT2D eigenvalue weighted by atomic mass is 9.90. The van der Waals surface area contributed by atoms with Crippen LogP contribution in [0.25, 0.3) is 0 Å². The topological polar surface area (TPSA) is 163 Å². The number of ether oxygens (including phenoxy) is 3. The molecular formula is C41H78O10. The molecule has 1 aliphatic heterocycles. The number of esters is 2. The van der Waals surface area contributed by atoms with Gasteiger partial charge in [0.15, 0.2) is 12.2 Å². The molecule has 0 radical (unpaired) electrons. The van der Waals surface area contributed by atoms with E-state index in [2.05, 4.69) is 13.8 Å². The summed E-state index contributed by atoms with van der Waals surface area (Å²) in [4.78, 5) is 25.8. The van der Waals surface area contributed by atoms with Crippen molar-refractivity contribution in [3.05, 3.63) is 0 Å². The van der Waals surface area contributed by atoms with Crippen LogP contribution >= 0.6 is 0 Å². The highest BCUT2D eigenvalue weighted by molar-refractivity contribution is 5.70. The van der Waals surface area contributed by atoms with Crippen LogP contribution in [0.2, 0.25) is 0 Å². The normalized spacial score (nSPS) is 21.7. The number of hydrogen-bond acceptors (Lipinski definition) is 10. The van der Waals surface area contributed by atoms with Crippen LogP contribution in [0.3, 0.4) is 0 Å². The molecule has 1 rings (SSSR count). The van der Waals surface area contributed by atoms with E-state index < -0.39 is 67.9 Å². The Balaban J connectivity index is 2.51. The Morgan fingerprint density at radius 1 is 0.510 bits per heavy atom. The molecule has 0 saturated carbocycles. The van der Waals surface area contributed by atoms with Crippen LogP contribution in [0.4, 0.5) is 0 Å². The molecule has 10 nitrogen and oxygen atoms in total. The van der Waals surface area contributed by atoms with E-state index in [1.54, 1.807) is 0 Å². The Labute approximate surface area is 310 Å². The van der Waals surface area contributed by atoms with Gasteiger partial charge in [-0.3, -0.25) is 9.59 Å². The highest BCUT2D eigenvalue weighted by atomic mass is 16.6. The number of aliphatic hydroxyl groups excluding tert-OH is 5. The average molecular weight is 731 g/mol. The monoisotopic (exact) mass is 731 g/mol. The molecule has 51 heavy (non-hydrogen) atoms. The van der Waals surface area contributed by atoms with E-state index >= 15 is 0 Å². The second-order valence-corrected chi connectivity index (χ2v) is 14.9. The summed E-state index contributed by atoms with van der Waals surface area (Å²) < 4.78 is 16.9. The molecule has 0 bridgehead atoms. The van der Waals surface area contributed by atoms with Crippen molar-refractivity contribution in [1.29, 1.82) is 0 Å². The van der Waals surface area contributed by atoms with E-state index in [1.165, 1.54) is 116 Å². The number of carbonyl (C=O) groups excluding carboxylic acids is 2. The Hall–Kier alpha value is -1.30. The molecule has 5 N–H and O–H groups in total. The van der Waals surface area contributed by atoms with Gasteiger partial charge >= 0.3 is 11.9 Å². The van der Waals surface area contributed by atoms with Crippen molar-refractivity contribution < 1.29 is 49.3 Å². The van der Waals surface area contributed by atoms with Gasteiger partial charge in [0.2, 0.25) is 0 Å². The number of rotatable bonds is 34. The molecule has 0 aliphatic carbocycles. The van der Waals surface area contributed by atoms with Gasteiger partial charge in [-0.05, 0) is 12.8 Å². The summed E-state index contributed by atoms with van der Waals surface area (Å²) in [5, 5.41) is 51.4. The predicted octanol–water partition coefficient (Wildman–Crippen LogP) is 7.61. The highest BCUT2D eigenvalue weighted by Crippen LogP contribution is 2.28. The van der Waals surface area contributed by atoms with Crippen LogP contribution in [0, 0.1) is 0 Å². The summed E-state index contributed by atoms with van der Waals surface area (Å²) in [6, 6.07) is 0. The number of carbonyl (C=O) groups is 2. The largest absolute Gasteiger partial charge is 0.456 e. The third kappa shape index (κ3) is 22.5. The molecule has 7 atom stereocenters. The highest BCUT2D eigenvalue weighted by Gasteiger charge is 2.50. The molecule has 0 aromatic carbocycles. The zero-order valence-electron chi connectivity index (χ0n) is 32.5. The molecule has 2 unspecified atom stereocenters. The van der Waals surface area contributed by atoms with Gasteiger partial charge < -0.3 is 39.7 Å². The lowest BCUT2D eigenvalue weighted by Crippen LogP contribution is -2.64. The number of hydrogen-bond donors (Lipinski definition) is 5. The van der Waals surface area contributed by atoms with Crippen molar-refractivity contribution in [3.8, 4) is 0 Å². The maximum absolute atomic E-state index is 13.0. The summed E-state index contributed by atoms with van der Waals surface area (Å²) in [6.45, 7) is 3.09. The Morgan fingerprint density at radius 3 is 1.22 bits per heavy atom. The third-order valence-electron chi connectivity index (χ3n) is 10.3. The van der Waals surface area contributed by atoms with Crippen LogP contribution < -0.4 is 0 Å². The second-order valence-electron chi connectivity index (χ2n) is 14.9. The zero-order valence-corrected chi connectivity index (χ0v) is 32.5. The molecule has 0 amide bonds. The molecule has 0 aromatic heterocycles. The van der Waals surface area contributed by atoms with E-state index in [-0.39, 0.29) is 12.8 Å². The first-order chi connectivity index (χ1) is 24.8. The van der Waals surface area contributed by atoms with Crippen molar-refractivity contribution in [1.82, 2.24) is 0 Å². The lowest BCUT2D eigenvalue weighted by molar-refractivity contribution is -0.264. The van der Waals surface area contributed by atoms with Gasteiger partial charge in [0, 0.05) is 12.8 Å². The van der Waals surface area contributed by atoms with Crippen LogP contribution in [-0.2, 0) is 23.8 Å². The number of aliphatic hydroxyl groups is 5. The summed E-state index contributed by atoms with van der Waals surface area (Å²) in [7, 11) is 0. The van der Waals surface area contributed by atoms with Gasteiger partial charge in [-0.25, -0.2) is 0 Å². The first kappa shape index (κ1) is 47.7. The van der Waals surface area contributed by atoms with Crippen molar-refractivity contribution >= 4 is 11.9 Å². The van der Waals surface area contributed by atoms with Gasteiger partial charge in [-0.1, -0.05) is 168 Å². The first-order valence-electron chi connectivity index (χ1n) is 21.1. The smallest absolute Gasteiger partial charge is 0.306 e. The van der Waals surface area contributed by atoms with E-state index in [9.17, 15) is 35.1 Å². The molecular weight excluding hydrogens is 652 g/mol. The Kier molecular flexibility index (Phi) is 30.1. The van der Waals surface area contributed by atoms with E-state index in [0.717, 1.165) is 38.5 Å². The minimum atomic E-state index is -1.72. The van der Waals surface area contributed by atoms with E-state index in [0.29, 0.717) is 12.8 Å².